The minimum atomic E-state index is -0.0516. The van der Waals surface area contributed by atoms with Gasteiger partial charge in [0, 0.05) is 30.8 Å². The summed E-state index contributed by atoms with van der Waals surface area (Å²) in [6, 6.07) is 5.64. The van der Waals surface area contributed by atoms with Crippen LogP contribution in [0.3, 0.4) is 0 Å². The third kappa shape index (κ3) is 2.54. The Labute approximate surface area is 117 Å². The lowest BCUT2D eigenvalue weighted by molar-refractivity contribution is -0.116. The van der Waals surface area contributed by atoms with E-state index in [0.717, 1.165) is 24.1 Å². The fourth-order valence-corrected chi connectivity index (χ4v) is 2.67. The molecule has 0 unspecified atom stereocenters. The van der Waals surface area contributed by atoms with Crippen molar-refractivity contribution in [2.45, 2.75) is 37.8 Å². The molecular weight excluding hydrogens is 256 g/mol. The first kappa shape index (κ1) is 13.1. The third-order valence-electron chi connectivity index (χ3n) is 4.03. The number of fused-ring (bicyclic) bond motifs is 1. The van der Waals surface area contributed by atoms with Crippen molar-refractivity contribution < 1.29 is 14.3 Å². The quantitative estimate of drug-likeness (QED) is 0.877. The van der Waals surface area contributed by atoms with Gasteiger partial charge in [-0.25, -0.2) is 0 Å². The van der Waals surface area contributed by atoms with E-state index in [9.17, 15) is 9.59 Å². The lowest BCUT2D eigenvalue weighted by atomic mass is 9.89. The zero-order chi connectivity index (χ0) is 14.1. The van der Waals surface area contributed by atoms with E-state index in [1.54, 1.807) is 19.2 Å². The van der Waals surface area contributed by atoms with Crippen molar-refractivity contribution in [3.05, 3.63) is 29.3 Å². The molecule has 1 heterocycles. The van der Waals surface area contributed by atoms with Crippen molar-refractivity contribution in [1.82, 2.24) is 5.32 Å². The number of carbonyl (C=O) groups excluding carboxylic acids is 2. The Bertz CT molecular complexity index is 550. The SMILES string of the molecule is COC1CC(NC(=O)c2ccc3c(c2)CCC(=O)N3)C1. The van der Waals surface area contributed by atoms with Gasteiger partial charge in [-0.3, -0.25) is 9.59 Å². The first-order chi connectivity index (χ1) is 9.65. The molecule has 1 saturated carbocycles. The maximum atomic E-state index is 12.2. The van der Waals surface area contributed by atoms with Crippen LogP contribution < -0.4 is 10.6 Å². The highest BCUT2D eigenvalue weighted by Crippen LogP contribution is 2.25. The lowest BCUT2D eigenvalue weighted by Gasteiger charge is -2.34. The molecular formula is C15H18N2O3. The molecule has 1 aliphatic heterocycles. The molecule has 0 radical (unpaired) electrons. The van der Waals surface area contributed by atoms with Crippen LogP contribution in [0.25, 0.3) is 0 Å². The summed E-state index contributed by atoms with van der Waals surface area (Å²) in [5.41, 5.74) is 2.50. The number of anilines is 1. The van der Waals surface area contributed by atoms with Crippen LogP contribution in [0.4, 0.5) is 5.69 Å². The first-order valence-electron chi connectivity index (χ1n) is 6.92. The summed E-state index contributed by atoms with van der Waals surface area (Å²) in [4.78, 5) is 23.4. The third-order valence-corrected chi connectivity index (χ3v) is 4.03. The van der Waals surface area contributed by atoms with Gasteiger partial charge in [-0.1, -0.05) is 0 Å². The first-order valence-corrected chi connectivity index (χ1v) is 6.92. The Morgan fingerprint density at radius 1 is 1.35 bits per heavy atom. The Hall–Kier alpha value is -1.88. The van der Waals surface area contributed by atoms with Gasteiger partial charge in [-0.05, 0) is 43.0 Å². The lowest BCUT2D eigenvalue weighted by Crippen LogP contribution is -2.47. The van der Waals surface area contributed by atoms with E-state index in [2.05, 4.69) is 10.6 Å². The second kappa shape index (κ2) is 5.25. The average molecular weight is 274 g/mol. The van der Waals surface area contributed by atoms with E-state index >= 15 is 0 Å². The van der Waals surface area contributed by atoms with Gasteiger partial charge >= 0.3 is 0 Å². The van der Waals surface area contributed by atoms with Gasteiger partial charge in [0.2, 0.25) is 5.91 Å². The average Bonchev–Trinajstić information content (AvgIpc) is 2.41. The summed E-state index contributed by atoms with van der Waals surface area (Å²) in [6.45, 7) is 0. The van der Waals surface area contributed by atoms with Crippen molar-refractivity contribution in [3.63, 3.8) is 0 Å². The molecule has 2 amide bonds. The van der Waals surface area contributed by atoms with E-state index < -0.39 is 0 Å². The molecule has 1 aliphatic carbocycles. The number of rotatable bonds is 3. The zero-order valence-corrected chi connectivity index (χ0v) is 11.4. The van der Waals surface area contributed by atoms with Gasteiger partial charge in [0.05, 0.1) is 6.10 Å². The smallest absolute Gasteiger partial charge is 0.251 e. The standard InChI is InChI=1S/C15H18N2O3/c1-20-12-7-11(8-12)16-15(19)10-2-4-13-9(6-10)3-5-14(18)17-13/h2,4,6,11-12H,3,5,7-8H2,1H3,(H,16,19)(H,17,18). The van der Waals surface area contributed by atoms with E-state index in [1.807, 2.05) is 6.07 Å². The number of methoxy groups -OCH3 is 1. The number of hydrogen-bond donors (Lipinski definition) is 2. The van der Waals surface area contributed by atoms with Crippen molar-refractivity contribution in [3.8, 4) is 0 Å². The van der Waals surface area contributed by atoms with E-state index in [-0.39, 0.29) is 24.0 Å². The highest BCUT2D eigenvalue weighted by molar-refractivity contribution is 5.98. The van der Waals surface area contributed by atoms with Crippen molar-refractivity contribution >= 4 is 17.5 Å². The largest absolute Gasteiger partial charge is 0.381 e. The summed E-state index contributed by atoms with van der Waals surface area (Å²) in [5.74, 6) is -0.0148. The van der Waals surface area contributed by atoms with Gasteiger partial charge in [0.15, 0.2) is 0 Å². The zero-order valence-electron chi connectivity index (χ0n) is 11.4. The molecule has 0 aromatic heterocycles. The Morgan fingerprint density at radius 3 is 2.90 bits per heavy atom. The molecule has 0 spiro atoms. The van der Waals surface area contributed by atoms with Gasteiger partial charge in [-0.15, -0.1) is 0 Å². The number of amides is 2. The van der Waals surface area contributed by atoms with Crippen molar-refractivity contribution in [1.29, 1.82) is 0 Å². The molecule has 0 saturated heterocycles. The van der Waals surface area contributed by atoms with Crippen LogP contribution in [0, 0.1) is 0 Å². The Morgan fingerprint density at radius 2 is 2.15 bits per heavy atom. The minimum Gasteiger partial charge on any atom is -0.381 e. The fraction of sp³-hybridized carbons (Fsp3) is 0.467. The topological polar surface area (TPSA) is 67.4 Å². The minimum absolute atomic E-state index is 0.0368. The molecule has 0 bridgehead atoms. The number of hydrogen-bond acceptors (Lipinski definition) is 3. The van der Waals surface area contributed by atoms with Crippen LogP contribution in [0.2, 0.25) is 0 Å². The molecule has 5 heteroatoms. The summed E-state index contributed by atoms with van der Waals surface area (Å²) in [7, 11) is 1.69. The number of aryl methyl sites for hydroxylation is 1. The number of nitrogens with one attached hydrogen (secondary N) is 2. The predicted octanol–water partition coefficient (Wildman–Crippen LogP) is 1.48. The van der Waals surface area contributed by atoms with Gasteiger partial charge in [-0.2, -0.15) is 0 Å². The van der Waals surface area contributed by atoms with Gasteiger partial charge < -0.3 is 15.4 Å². The highest BCUT2D eigenvalue weighted by atomic mass is 16.5. The van der Waals surface area contributed by atoms with Crippen LogP contribution in [0.15, 0.2) is 18.2 Å². The van der Waals surface area contributed by atoms with E-state index in [0.29, 0.717) is 18.4 Å². The number of ether oxygens (including phenoxy) is 1. The van der Waals surface area contributed by atoms with Crippen LogP contribution in [0.5, 0.6) is 0 Å². The van der Waals surface area contributed by atoms with Gasteiger partial charge in [0.25, 0.3) is 5.91 Å². The van der Waals surface area contributed by atoms with Crippen molar-refractivity contribution in [2.24, 2.45) is 0 Å². The molecule has 1 aromatic rings. The molecule has 20 heavy (non-hydrogen) atoms. The molecule has 0 atom stereocenters. The van der Waals surface area contributed by atoms with Crippen molar-refractivity contribution in [2.75, 3.05) is 12.4 Å². The predicted molar refractivity (Wildman–Crippen MR) is 74.7 cm³/mol. The summed E-state index contributed by atoms with van der Waals surface area (Å²) in [6.07, 6.45) is 3.21. The maximum Gasteiger partial charge on any atom is 0.251 e. The number of benzene rings is 1. The molecule has 2 N–H and O–H groups in total. The second-order valence-electron chi connectivity index (χ2n) is 5.42. The van der Waals surface area contributed by atoms with E-state index in [4.69, 9.17) is 4.74 Å². The summed E-state index contributed by atoms with van der Waals surface area (Å²) in [5, 5.41) is 5.82. The molecule has 5 nitrogen and oxygen atoms in total. The maximum absolute atomic E-state index is 12.2. The molecule has 1 fully saturated rings. The van der Waals surface area contributed by atoms with Crippen LogP contribution >= 0.6 is 0 Å². The Balaban J connectivity index is 1.65. The fourth-order valence-electron chi connectivity index (χ4n) is 2.67. The van der Waals surface area contributed by atoms with E-state index in [1.165, 1.54) is 0 Å². The van der Waals surface area contributed by atoms with Crippen LogP contribution in [-0.4, -0.2) is 31.1 Å². The molecule has 3 rings (SSSR count). The number of carbonyl (C=O) groups is 2. The monoisotopic (exact) mass is 274 g/mol. The highest BCUT2D eigenvalue weighted by Gasteiger charge is 2.30. The van der Waals surface area contributed by atoms with Crippen LogP contribution in [-0.2, 0) is 16.0 Å². The summed E-state index contributed by atoms with van der Waals surface area (Å²) < 4.78 is 5.20. The summed E-state index contributed by atoms with van der Waals surface area (Å²) >= 11 is 0. The normalized spacial score (nSPS) is 24.4. The Kier molecular flexibility index (Phi) is 3.44. The second-order valence-corrected chi connectivity index (χ2v) is 5.42. The van der Waals surface area contributed by atoms with Gasteiger partial charge in [0.1, 0.15) is 0 Å². The van der Waals surface area contributed by atoms with Crippen LogP contribution in [0.1, 0.15) is 35.2 Å². The molecule has 2 aliphatic rings. The molecule has 1 aromatic carbocycles. The molecule has 106 valence electrons.